The summed E-state index contributed by atoms with van der Waals surface area (Å²) in [6, 6.07) is 8.97. The molecule has 80 valence electrons. The van der Waals surface area contributed by atoms with Crippen LogP contribution in [0.2, 0.25) is 0 Å². The maximum atomic E-state index is 3.49. The number of aromatic nitrogens is 1. The Labute approximate surface area is 91.5 Å². The van der Waals surface area contributed by atoms with Crippen molar-refractivity contribution >= 4 is 10.9 Å². The molecule has 1 heteroatoms. The molecule has 0 unspecified atom stereocenters. The Hall–Kier alpha value is -1.24. The smallest absolute Gasteiger partial charge is 0.0459 e. The zero-order valence-electron chi connectivity index (χ0n) is 9.96. The summed E-state index contributed by atoms with van der Waals surface area (Å²) in [6.45, 7) is 8.89. The van der Waals surface area contributed by atoms with Crippen LogP contribution in [-0.2, 0) is 0 Å². The summed E-state index contributed by atoms with van der Waals surface area (Å²) in [7, 11) is 0. The molecule has 0 saturated carbocycles. The van der Waals surface area contributed by atoms with E-state index in [1.54, 1.807) is 0 Å². The molecule has 0 aliphatic rings. The van der Waals surface area contributed by atoms with Crippen LogP contribution in [-0.4, -0.2) is 4.98 Å². The van der Waals surface area contributed by atoms with Gasteiger partial charge in [-0.25, -0.2) is 0 Å². The van der Waals surface area contributed by atoms with Crippen molar-refractivity contribution in [3.8, 4) is 0 Å². The third-order valence-electron chi connectivity index (χ3n) is 2.96. The lowest BCUT2D eigenvalue weighted by atomic mass is 10.0. The van der Waals surface area contributed by atoms with E-state index in [1.165, 1.54) is 22.2 Å². The molecule has 0 atom stereocenters. The van der Waals surface area contributed by atoms with Crippen LogP contribution >= 0.6 is 0 Å². The first kappa shape index (κ1) is 10.3. The number of H-pyrrole nitrogens is 1. The highest BCUT2D eigenvalue weighted by atomic mass is 14.7. The number of rotatable bonds is 2. The molecular formula is C14H19N. The molecule has 0 radical (unpaired) electrons. The molecule has 1 N–H and O–H groups in total. The standard InChI is InChI=1S/C14H19N/c1-9(2)11-5-6-12-8-13(10(3)4)15-14(12)7-11/h5-10,15H,1-4H3. The van der Waals surface area contributed by atoms with Crippen LogP contribution in [0.1, 0.15) is 50.8 Å². The van der Waals surface area contributed by atoms with Gasteiger partial charge in [-0.2, -0.15) is 0 Å². The topological polar surface area (TPSA) is 15.8 Å². The van der Waals surface area contributed by atoms with Crippen LogP contribution in [0, 0.1) is 0 Å². The second-order valence-electron chi connectivity index (χ2n) is 4.88. The van der Waals surface area contributed by atoms with Crippen molar-refractivity contribution in [3.05, 3.63) is 35.5 Å². The van der Waals surface area contributed by atoms with E-state index in [1.807, 2.05) is 0 Å². The average Bonchev–Trinajstić information content (AvgIpc) is 2.59. The van der Waals surface area contributed by atoms with Crippen molar-refractivity contribution in [3.63, 3.8) is 0 Å². The number of aromatic amines is 1. The number of nitrogens with one attached hydrogen (secondary N) is 1. The van der Waals surface area contributed by atoms with Crippen molar-refractivity contribution in [1.29, 1.82) is 0 Å². The summed E-state index contributed by atoms with van der Waals surface area (Å²) < 4.78 is 0. The van der Waals surface area contributed by atoms with E-state index in [4.69, 9.17) is 0 Å². The molecule has 0 spiro atoms. The van der Waals surface area contributed by atoms with Crippen molar-refractivity contribution in [1.82, 2.24) is 4.98 Å². The van der Waals surface area contributed by atoms with Gasteiger partial charge in [-0.3, -0.25) is 0 Å². The van der Waals surface area contributed by atoms with Crippen molar-refractivity contribution < 1.29 is 0 Å². The molecule has 1 heterocycles. The zero-order chi connectivity index (χ0) is 11.0. The Balaban J connectivity index is 2.52. The summed E-state index contributed by atoms with van der Waals surface area (Å²) in [5.41, 5.74) is 4.00. The molecule has 1 nitrogen and oxygen atoms in total. The van der Waals surface area contributed by atoms with E-state index in [2.05, 4.69) is 56.9 Å². The van der Waals surface area contributed by atoms with Gasteiger partial charge in [0.15, 0.2) is 0 Å². The summed E-state index contributed by atoms with van der Waals surface area (Å²) in [5, 5.41) is 1.32. The second-order valence-corrected chi connectivity index (χ2v) is 4.88. The molecule has 0 saturated heterocycles. The molecule has 1 aromatic heterocycles. The maximum absolute atomic E-state index is 3.49. The normalized spacial score (nSPS) is 11.9. The first-order valence-electron chi connectivity index (χ1n) is 5.70. The Bertz CT molecular complexity index is 457. The van der Waals surface area contributed by atoms with Gasteiger partial charge in [0.2, 0.25) is 0 Å². The van der Waals surface area contributed by atoms with E-state index in [9.17, 15) is 0 Å². The molecule has 1 aromatic carbocycles. The van der Waals surface area contributed by atoms with E-state index in [0.29, 0.717) is 11.8 Å². The second kappa shape index (κ2) is 3.73. The summed E-state index contributed by atoms with van der Waals surface area (Å²) in [5.74, 6) is 1.17. The zero-order valence-corrected chi connectivity index (χ0v) is 9.96. The number of benzene rings is 1. The molecule has 0 bridgehead atoms. The van der Waals surface area contributed by atoms with Gasteiger partial charge >= 0.3 is 0 Å². The number of hydrogen-bond acceptors (Lipinski definition) is 0. The minimum absolute atomic E-state index is 0.569. The fraction of sp³-hybridized carbons (Fsp3) is 0.429. The predicted octanol–water partition coefficient (Wildman–Crippen LogP) is 4.41. The number of hydrogen-bond donors (Lipinski definition) is 1. The lowest BCUT2D eigenvalue weighted by Gasteiger charge is -2.04. The Kier molecular flexibility index (Phi) is 2.56. The molecule has 0 aliphatic carbocycles. The minimum Gasteiger partial charge on any atom is -0.358 e. The minimum atomic E-state index is 0.569. The van der Waals surface area contributed by atoms with Crippen LogP contribution in [0.5, 0.6) is 0 Å². The van der Waals surface area contributed by atoms with E-state index >= 15 is 0 Å². The van der Waals surface area contributed by atoms with Crippen LogP contribution in [0.25, 0.3) is 10.9 Å². The van der Waals surface area contributed by atoms with Gasteiger partial charge in [-0.1, -0.05) is 39.8 Å². The molecule has 15 heavy (non-hydrogen) atoms. The largest absolute Gasteiger partial charge is 0.358 e. The van der Waals surface area contributed by atoms with Gasteiger partial charge in [0.25, 0.3) is 0 Å². The van der Waals surface area contributed by atoms with Gasteiger partial charge in [-0.15, -0.1) is 0 Å². The van der Waals surface area contributed by atoms with Crippen molar-refractivity contribution in [2.24, 2.45) is 0 Å². The lowest BCUT2D eigenvalue weighted by molar-refractivity contribution is 0.836. The van der Waals surface area contributed by atoms with Crippen molar-refractivity contribution in [2.75, 3.05) is 0 Å². The van der Waals surface area contributed by atoms with Crippen LogP contribution in [0.15, 0.2) is 24.3 Å². The highest BCUT2D eigenvalue weighted by Gasteiger charge is 2.06. The SMILES string of the molecule is CC(C)c1ccc2cc(C(C)C)[nH]c2c1. The first-order chi connectivity index (χ1) is 7.08. The third kappa shape index (κ3) is 1.92. The molecule has 2 rings (SSSR count). The van der Waals surface area contributed by atoms with E-state index in [0.717, 1.165) is 0 Å². The summed E-state index contributed by atoms with van der Waals surface area (Å²) in [4.78, 5) is 3.49. The molecule has 0 fully saturated rings. The predicted molar refractivity (Wildman–Crippen MR) is 66.5 cm³/mol. The monoisotopic (exact) mass is 201 g/mol. The fourth-order valence-electron chi connectivity index (χ4n) is 1.84. The lowest BCUT2D eigenvalue weighted by Crippen LogP contribution is -1.86. The van der Waals surface area contributed by atoms with Crippen LogP contribution in [0.3, 0.4) is 0 Å². The molecule has 0 aliphatic heterocycles. The maximum Gasteiger partial charge on any atom is 0.0459 e. The number of fused-ring (bicyclic) bond motifs is 1. The molecule has 0 amide bonds. The third-order valence-corrected chi connectivity index (χ3v) is 2.96. The van der Waals surface area contributed by atoms with Gasteiger partial charge in [-0.05, 0) is 34.9 Å². The highest BCUT2D eigenvalue weighted by molar-refractivity contribution is 5.81. The first-order valence-corrected chi connectivity index (χ1v) is 5.70. The van der Waals surface area contributed by atoms with Crippen LogP contribution in [0.4, 0.5) is 0 Å². The van der Waals surface area contributed by atoms with E-state index < -0.39 is 0 Å². The van der Waals surface area contributed by atoms with Gasteiger partial charge < -0.3 is 4.98 Å². The van der Waals surface area contributed by atoms with Crippen LogP contribution < -0.4 is 0 Å². The molecule has 2 aromatic rings. The fourth-order valence-corrected chi connectivity index (χ4v) is 1.84. The molecular weight excluding hydrogens is 182 g/mol. The van der Waals surface area contributed by atoms with Crippen molar-refractivity contribution in [2.45, 2.75) is 39.5 Å². The van der Waals surface area contributed by atoms with E-state index in [-0.39, 0.29) is 0 Å². The Morgan fingerprint density at radius 2 is 1.67 bits per heavy atom. The summed E-state index contributed by atoms with van der Waals surface area (Å²) in [6.07, 6.45) is 0. The summed E-state index contributed by atoms with van der Waals surface area (Å²) >= 11 is 0. The Morgan fingerprint density at radius 3 is 2.27 bits per heavy atom. The highest BCUT2D eigenvalue weighted by Crippen LogP contribution is 2.24. The van der Waals surface area contributed by atoms with Gasteiger partial charge in [0.1, 0.15) is 0 Å². The van der Waals surface area contributed by atoms with Gasteiger partial charge in [0, 0.05) is 11.2 Å². The average molecular weight is 201 g/mol. The Morgan fingerprint density at radius 1 is 0.933 bits per heavy atom. The van der Waals surface area contributed by atoms with Gasteiger partial charge in [0.05, 0.1) is 0 Å². The quantitative estimate of drug-likeness (QED) is 0.740.